The zero-order chi connectivity index (χ0) is 11.3. The number of rotatable bonds is 4. The summed E-state index contributed by atoms with van der Waals surface area (Å²) >= 11 is 0. The van der Waals surface area contributed by atoms with Crippen molar-refractivity contribution in [2.45, 2.75) is 19.0 Å². The van der Waals surface area contributed by atoms with Crippen molar-refractivity contribution < 1.29 is 17.6 Å². The first-order chi connectivity index (χ1) is 6.99. The van der Waals surface area contributed by atoms with Gasteiger partial charge in [0.1, 0.15) is 0 Å². The van der Waals surface area contributed by atoms with Crippen LogP contribution >= 0.6 is 0 Å². The Morgan fingerprint density at radius 2 is 2.07 bits per heavy atom. The van der Waals surface area contributed by atoms with E-state index < -0.39 is 18.4 Å². The Labute approximate surface area is 84.3 Å². The SMILES string of the molecule is Fc1cccnc1NCCCC(F)(F)F. The molecule has 0 aromatic carbocycles. The summed E-state index contributed by atoms with van der Waals surface area (Å²) in [6.07, 6.45) is -3.77. The van der Waals surface area contributed by atoms with Gasteiger partial charge in [-0.25, -0.2) is 9.37 Å². The highest BCUT2D eigenvalue weighted by atomic mass is 19.4. The lowest BCUT2D eigenvalue weighted by Crippen LogP contribution is -2.11. The van der Waals surface area contributed by atoms with Crippen molar-refractivity contribution in [2.75, 3.05) is 11.9 Å². The standard InChI is InChI=1S/C9H10F4N2/c10-7-3-1-5-14-8(7)15-6-2-4-9(11,12)13/h1,3,5H,2,4,6H2,(H,14,15). The van der Waals surface area contributed by atoms with Crippen LogP contribution in [0.3, 0.4) is 0 Å². The van der Waals surface area contributed by atoms with Gasteiger partial charge in [-0.3, -0.25) is 0 Å². The first kappa shape index (κ1) is 11.7. The minimum absolute atomic E-state index is 0.0142. The lowest BCUT2D eigenvalue weighted by atomic mass is 10.3. The summed E-state index contributed by atoms with van der Waals surface area (Å²) in [7, 11) is 0. The fraction of sp³-hybridized carbons (Fsp3) is 0.444. The monoisotopic (exact) mass is 222 g/mol. The number of aromatic nitrogens is 1. The summed E-state index contributed by atoms with van der Waals surface area (Å²) in [5, 5.41) is 2.50. The Morgan fingerprint density at radius 1 is 1.33 bits per heavy atom. The summed E-state index contributed by atoms with van der Waals surface area (Å²) in [6, 6.07) is 2.61. The van der Waals surface area contributed by atoms with Crippen LogP contribution in [0.25, 0.3) is 0 Å². The summed E-state index contributed by atoms with van der Waals surface area (Å²) in [6.45, 7) is 0.0491. The van der Waals surface area contributed by atoms with E-state index in [1.165, 1.54) is 18.3 Å². The number of halogens is 4. The number of nitrogens with one attached hydrogen (secondary N) is 1. The third kappa shape index (κ3) is 4.62. The third-order valence-electron chi connectivity index (χ3n) is 1.69. The molecule has 1 rings (SSSR count). The third-order valence-corrected chi connectivity index (χ3v) is 1.69. The van der Waals surface area contributed by atoms with Crippen LogP contribution in [-0.2, 0) is 0 Å². The van der Waals surface area contributed by atoms with Crippen LogP contribution in [0.4, 0.5) is 23.4 Å². The second-order valence-electron chi connectivity index (χ2n) is 2.98. The molecule has 0 unspecified atom stereocenters. The molecular formula is C9H10F4N2. The Hall–Kier alpha value is -1.33. The summed E-state index contributed by atoms with van der Waals surface area (Å²) in [5.41, 5.74) is 0. The molecule has 6 heteroatoms. The highest BCUT2D eigenvalue weighted by molar-refractivity contribution is 5.35. The smallest absolute Gasteiger partial charge is 0.368 e. The maximum Gasteiger partial charge on any atom is 0.389 e. The van der Waals surface area contributed by atoms with Crippen LogP contribution in [0.1, 0.15) is 12.8 Å². The molecule has 0 fully saturated rings. The molecule has 0 amide bonds. The molecule has 0 aliphatic heterocycles. The molecule has 0 spiro atoms. The second-order valence-corrected chi connectivity index (χ2v) is 2.98. The Kier molecular flexibility index (Phi) is 3.88. The van der Waals surface area contributed by atoms with E-state index in [1.807, 2.05) is 0 Å². The van der Waals surface area contributed by atoms with Crippen molar-refractivity contribution in [1.29, 1.82) is 0 Å². The van der Waals surface area contributed by atoms with Gasteiger partial charge in [0.15, 0.2) is 11.6 Å². The van der Waals surface area contributed by atoms with E-state index in [0.29, 0.717) is 0 Å². The molecule has 84 valence electrons. The van der Waals surface area contributed by atoms with E-state index in [9.17, 15) is 17.6 Å². The van der Waals surface area contributed by atoms with Gasteiger partial charge >= 0.3 is 6.18 Å². The quantitative estimate of drug-likeness (QED) is 0.625. The highest BCUT2D eigenvalue weighted by Gasteiger charge is 2.25. The molecule has 0 aliphatic carbocycles. The number of hydrogen-bond donors (Lipinski definition) is 1. The molecule has 0 saturated heterocycles. The largest absolute Gasteiger partial charge is 0.389 e. The molecular weight excluding hydrogens is 212 g/mol. The topological polar surface area (TPSA) is 24.9 Å². The van der Waals surface area contributed by atoms with Crippen LogP contribution in [0, 0.1) is 5.82 Å². The molecule has 0 atom stereocenters. The number of alkyl halides is 3. The van der Waals surface area contributed by atoms with Crippen molar-refractivity contribution in [1.82, 2.24) is 4.98 Å². The lowest BCUT2D eigenvalue weighted by Gasteiger charge is -2.07. The fourth-order valence-electron chi connectivity index (χ4n) is 1.01. The van der Waals surface area contributed by atoms with Crippen LogP contribution in [-0.4, -0.2) is 17.7 Å². The van der Waals surface area contributed by atoms with E-state index in [1.54, 1.807) is 0 Å². The first-order valence-corrected chi connectivity index (χ1v) is 4.40. The fourth-order valence-corrected chi connectivity index (χ4v) is 1.01. The van der Waals surface area contributed by atoms with Gasteiger partial charge in [0, 0.05) is 19.2 Å². The highest BCUT2D eigenvalue weighted by Crippen LogP contribution is 2.21. The Bertz CT molecular complexity index is 311. The summed E-state index contributed by atoms with van der Waals surface area (Å²) in [4.78, 5) is 3.64. The molecule has 1 heterocycles. The van der Waals surface area contributed by atoms with Crippen molar-refractivity contribution in [3.05, 3.63) is 24.1 Å². The van der Waals surface area contributed by atoms with Gasteiger partial charge in [-0.15, -0.1) is 0 Å². The normalized spacial score (nSPS) is 11.5. The predicted octanol–water partition coefficient (Wildman–Crippen LogP) is 2.98. The molecule has 1 aromatic rings. The minimum atomic E-state index is -4.16. The Morgan fingerprint density at radius 3 is 2.67 bits per heavy atom. The van der Waals surface area contributed by atoms with Gasteiger partial charge in [-0.2, -0.15) is 13.2 Å². The average molecular weight is 222 g/mol. The van der Waals surface area contributed by atoms with Crippen molar-refractivity contribution in [3.8, 4) is 0 Å². The van der Waals surface area contributed by atoms with E-state index in [4.69, 9.17) is 0 Å². The number of anilines is 1. The average Bonchev–Trinajstić information content (AvgIpc) is 2.13. The van der Waals surface area contributed by atoms with E-state index in [2.05, 4.69) is 10.3 Å². The number of hydrogen-bond acceptors (Lipinski definition) is 2. The van der Waals surface area contributed by atoms with Gasteiger partial charge in [0.05, 0.1) is 0 Å². The van der Waals surface area contributed by atoms with Crippen LogP contribution in [0.2, 0.25) is 0 Å². The maximum atomic E-state index is 12.9. The predicted molar refractivity (Wildman–Crippen MR) is 48.0 cm³/mol. The molecule has 0 saturated carbocycles. The zero-order valence-electron chi connectivity index (χ0n) is 7.81. The molecule has 0 aliphatic rings. The first-order valence-electron chi connectivity index (χ1n) is 4.40. The number of pyridine rings is 1. The van der Waals surface area contributed by atoms with Crippen LogP contribution in [0.15, 0.2) is 18.3 Å². The van der Waals surface area contributed by atoms with Gasteiger partial charge in [-0.1, -0.05) is 0 Å². The van der Waals surface area contributed by atoms with E-state index >= 15 is 0 Å². The second kappa shape index (κ2) is 4.95. The zero-order valence-corrected chi connectivity index (χ0v) is 7.81. The van der Waals surface area contributed by atoms with Crippen molar-refractivity contribution in [3.63, 3.8) is 0 Å². The lowest BCUT2D eigenvalue weighted by molar-refractivity contribution is -0.134. The van der Waals surface area contributed by atoms with Gasteiger partial charge < -0.3 is 5.32 Å². The van der Waals surface area contributed by atoms with Gasteiger partial charge in [-0.05, 0) is 18.6 Å². The maximum absolute atomic E-state index is 12.9. The summed E-state index contributed by atoms with van der Waals surface area (Å²) < 4.78 is 48.1. The molecule has 0 bridgehead atoms. The van der Waals surface area contributed by atoms with Crippen LogP contribution in [0.5, 0.6) is 0 Å². The van der Waals surface area contributed by atoms with Crippen LogP contribution < -0.4 is 5.32 Å². The van der Waals surface area contributed by atoms with E-state index in [-0.39, 0.29) is 18.8 Å². The van der Waals surface area contributed by atoms with Gasteiger partial charge in [0.2, 0.25) is 0 Å². The molecule has 15 heavy (non-hydrogen) atoms. The minimum Gasteiger partial charge on any atom is -0.368 e. The van der Waals surface area contributed by atoms with Gasteiger partial charge in [0.25, 0.3) is 0 Å². The summed E-state index contributed by atoms with van der Waals surface area (Å²) in [5.74, 6) is -0.579. The molecule has 2 nitrogen and oxygen atoms in total. The molecule has 0 radical (unpaired) electrons. The molecule has 1 N–H and O–H groups in total. The van der Waals surface area contributed by atoms with E-state index in [0.717, 1.165) is 0 Å². The van der Waals surface area contributed by atoms with Crippen molar-refractivity contribution in [2.24, 2.45) is 0 Å². The number of nitrogens with zero attached hydrogens (tertiary/aromatic N) is 1. The molecule has 1 aromatic heterocycles. The Balaban J connectivity index is 2.30. The van der Waals surface area contributed by atoms with Crippen molar-refractivity contribution >= 4 is 5.82 Å².